The summed E-state index contributed by atoms with van der Waals surface area (Å²) >= 11 is 0.445. The minimum atomic E-state index is 0.196. The van der Waals surface area contributed by atoms with Crippen LogP contribution >= 0.6 is 12.2 Å². The standard InChI is InChI=1S/C2H5NO2S/c4-2-1-3-6-5/h2-3,5H,1H2. The van der Waals surface area contributed by atoms with Crippen molar-refractivity contribution in [2.45, 2.75) is 0 Å². The van der Waals surface area contributed by atoms with Crippen LogP contribution in [0.15, 0.2) is 0 Å². The summed E-state index contributed by atoms with van der Waals surface area (Å²) in [6, 6.07) is 0. The molecule has 0 aromatic heterocycles. The summed E-state index contributed by atoms with van der Waals surface area (Å²) in [7, 11) is 0. The molecule has 0 aliphatic heterocycles. The molecule has 6 heavy (non-hydrogen) atoms. The Balaban J connectivity index is 2.49. The van der Waals surface area contributed by atoms with Gasteiger partial charge in [0.05, 0.1) is 18.8 Å². The quantitative estimate of drug-likeness (QED) is 0.229. The second-order valence-corrected chi connectivity index (χ2v) is 1.08. The van der Waals surface area contributed by atoms with Gasteiger partial charge in [0.25, 0.3) is 0 Å². The van der Waals surface area contributed by atoms with Crippen LogP contribution < -0.4 is 4.72 Å². The minimum Gasteiger partial charge on any atom is -0.317 e. The topological polar surface area (TPSA) is 49.3 Å². The highest BCUT2D eigenvalue weighted by atomic mass is 32.2. The zero-order valence-electron chi connectivity index (χ0n) is 3.05. The van der Waals surface area contributed by atoms with Crippen molar-refractivity contribution in [3.05, 3.63) is 0 Å². The van der Waals surface area contributed by atoms with Crippen molar-refractivity contribution in [3.63, 3.8) is 0 Å². The number of hydrogen-bond donors (Lipinski definition) is 2. The number of rotatable bonds is 3. The summed E-state index contributed by atoms with van der Waals surface area (Å²) in [5, 5.41) is 0. The molecular formula is C2H5NO2S. The molecule has 0 saturated carbocycles. The van der Waals surface area contributed by atoms with Crippen molar-refractivity contribution >= 4 is 18.5 Å². The molecule has 0 spiro atoms. The van der Waals surface area contributed by atoms with Gasteiger partial charge in [0.15, 0.2) is 0 Å². The first-order valence-electron chi connectivity index (χ1n) is 1.38. The molecule has 3 nitrogen and oxygen atoms in total. The Morgan fingerprint density at radius 1 is 2.00 bits per heavy atom. The van der Waals surface area contributed by atoms with E-state index in [-0.39, 0.29) is 6.54 Å². The van der Waals surface area contributed by atoms with Crippen LogP contribution in [0.2, 0.25) is 0 Å². The van der Waals surface area contributed by atoms with E-state index >= 15 is 0 Å². The average molecular weight is 107 g/mol. The van der Waals surface area contributed by atoms with Crippen molar-refractivity contribution in [2.75, 3.05) is 6.54 Å². The zero-order valence-corrected chi connectivity index (χ0v) is 3.86. The Hall–Kier alpha value is -0.0600. The van der Waals surface area contributed by atoms with E-state index in [1.165, 1.54) is 0 Å². The molecule has 36 valence electrons. The molecule has 4 heteroatoms. The van der Waals surface area contributed by atoms with Gasteiger partial charge in [-0.1, -0.05) is 0 Å². The maximum atomic E-state index is 9.38. The lowest BCUT2D eigenvalue weighted by Gasteiger charge is -1.82. The van der Waals surface area contributed by atoms with E-state index in [9.17, 15) is 4.79 Å². The maximum absolute atomic E-state index is 9.38. The molecule has 0 bridgehead atoms. The summed E-state index contributed by atoms with van der Waals surface area (Å²) in [6.45, 7) is 0.196. The molecule has 0 fully saturated rings. The monoisotopic (exact) mass is 107 g/mol. The predicted molar refractivity (Wildman–Crippen MR) is 24.3 cm³/mol. The van der Waals surface area contributed by atoms with E-state index in [0.717, 1.165) is 0 Å². The van der Waals surface area contributed by atoms with E-state index in [1.54, 1.807) is 0 Å². The van der Waals surface area contributed by atoms with Gasteiger partial charge in [-0.25, -0.2) is 4.72 Å². The molecule has 0 aliphatic carbocycles. The third kappa shape index (κ3) is 3.94. The van der Waals surface area contributed by atoms with Gasteiger partial charge in [0, 0.05) is 0 Å². The van der Waals surface area contributed by atoms with Crippen LogP contribution in [0.4, 0.5) is 0 Å². The first-order valence-corrected chi connectivity index (χ1v) is 2.16. The van der Waals surface area contributed by atoms with Crippen molar-refractivity contribution < 1.29 is 9.35 Å². The van der Waals surface area contributed by atoms with Gasteiger partial charge in [-0.05, 0) is 0 Å². The molecule has 0 heterocycles. The molecule has 0 amide bonds. The van der Waals surface area contributed by atoms with Crippen LogP contribution in [0.1, 0.15) is 0 Å². The van der Waals surface area contributed by atoms with E-state index in [2.05, 4.69) is 4.72 Å². The van der Waals surface area contributed by atoms with Gasteiger partial charge in [0.2, 0.25) is 0 Å². The van der Waals surface area contributed by atoms with Gasteiger partial charge >= 0.3 is 0 Å². The van der Waals surface area contributed by atoms with Gasteiger partial charge in [-0.3, -0.25) is 0 Å². The van der Waals surface area contributed by atoms with Crippen molar-refractivity contribution in [1.29, 1.82) is 0 Å². The SMILES string of the molecule is O=CCNSO. The van der Waals surface area contributed by atoms with E-state index in [1.807, 2.05) is 0 Å². The Morgan fingerprint density at radius 3 is 2.83 bits per heavy atom. The Bertz CT molecular complexity index is 40.5. The molecule has 0 radical (unpaired) electrons. The van der Waals surface area contributed by atoms with Crippen molar-refractivity contribution in [2.24, 2.45) is 0 Å². The van der Waals surface area contributed by atoms with Crippen LogP contribution in [-0.4, -0.2) is 17.4 Å². The molecule has 0 atom stereocenters. The maximum Gasteiger partial charge on any atom is 0.134 e. The molecular weight excluding hydrogens is 102 g/mol. The molecule has 0 aromatic carbocycles. The molecule has 0 rings (SSSR count). The van der Waals surface area contributed by atoms with Crippen LogP contribution in [0, 0.1) is 0 Å². The fourth-order valence-electron chi connectivity index (χ4n) is 0.0713. The van der Waals surface area contributed by atoms with Crippen LogP contribution in [-0.2, 0) is 4.79 Å². The minimum absolute atomic E-state index is 0.196. The Labute approximate surface area is 40.1 Å². The van der Waals surface area contributed by atoms with E-state index in [0.29, 0.717) is 18.5 Å². The van der Waals surface area contributed by atoms with Crippen LogP contribution in [0.5, 0.6) is 0 Å². The fourth-order valence-corrected chi connectivity index (χ4v) is 0.214. The van der Waals surface area contributed by atoms with Crippen LogP contribution in [0.25, 0.3) is 0 Å². The van der Waals surface area contributed by atoms with Crippen molar-refractivity contribution in [1.82, 2.24) is 4.72 Å². The normalized spacial score (nSPS) is 8.17. The third-order valence-electron chi connectivity index (χ3n) is 0.231. The summed E-state index contributed by atoms with van der Waals surface area (Å²) in [5.41, 5.74) is 0. The lowest BCUT2D eigenvalue weighted by Crippen LogP contribution is -2.04. The molecule has 0 saturated heterocycles. The second kappa shape index (κ2) is 4.94. The van der Waals surface area contributed by atoms with Gasteiger partial charge in [-0.2, -0.15) is 0 Å². The Kier molecular flexibility index (Phi) is 4.89. The molecule has 0 aromatic rings. The van der Waals surface area contributed by atoms with E-state index in [4.69, 9.17) is 4.55 Å². The van der Waals surface area contributed by atoms with Gasteiger partial charge in [0.1, 0.15) is 6.29 Å². The zero-order chi connectivity index (χ0) is 4.83. The predicted octanol–water partition coefficient (Wildman–Crippen LogP) is -0.104. The number of carbonyl (C=O) groups excluding carboxylic acids is 1. The van der Waals surface area contributed by atoms with Crippen molar-refractivity contribution in [3.8, 4) is 0 Å². The smallest absolute Gasteiger partial charge is 0.134 e. The van der Waals surface area contributed by atoms with Crippen LogP contribution in [0.3, 0.4) is 0 Å². The average Bonchev–Trinajstić information content (AvgIpc) is 1.61. The summed E-state index contributed by atoms with van der Waals surface area (Å²) in [5.74, 6) is 0. The number of nitrogens with one attached hydrogen (secondary N) is 1. The second-order valence-electron chi connectivity index (χ2n) is 0.606. The summed E-state index contributed by atoms with van der Waals surface area (Å²) < 4.78 is 10.1. The highest BCUT2D eigenvalue weighted by Crippen LogP contribution is 1.73. The fraction of sp³-hybridized carbons (Fsp3) is 0.500. The largest absolute Gasteiger partial charge is 0.317 e. The number of hydrogen-bond acceptors (Lipinski definition) is 4. The van der Waals surface area contributed by atoms with Gasteiger partial charge < -0.3 is 9.35 Å². The van der Waals surface area contributed by atoms with E-state index < -0.39 is 0 Å². The highest BCUT2D eigenvalue weighted by Gasteiger charge is 1.73. The molecule has 2 N–H and O–H groups in total. The highest BCUT2D eigenvalue weighted by molar-refractivity contribution is 7.91. The lowest BCUT2D eigenvalue weighted by molar-refractivity contribution is -0.106. The summed E-state index contributed by atoms with van der Waals surface area (Å²) in [4.78, 5) is 9.38. The molecule has 0 aliphatic rings. The molecule has 0 unspecified atom stereocenters. The number of aldehydes is 1. The lowest BCUT2D eigenvalue weighted by atomic mass is 10.8. The summed E-state index contributed by atoms with van der Waals surface area (Å²) in [6.07, 6.45) is 0.670. The Morgan fingerprint density at radius 2 is 2.67 bits per heavy atom. The van der Waals surface area contributed by atoms with Gasteiger partial charge in [-0.15, -0.1) is 0 Å². The first-order chi connectivity index (χ1) is 2.91. The first kappa shape index (κ1) is 5.94. The third-order valence-corrected chi connectivity index (χ3v) is 0.527. The number of carbonyl (C=O) groups is 1.